The van der Waals surface area contributed by atoms with Crippen LogP contribution in [0.15, 0.2) is 89.4 Å². The van der Waals surface area contributed by atoms with E-state index in [1.54, 1.807) is 0 Å². The van der Waals surface area contributed by atoms with Crippen molar-refractivity contribution in [2.24, 2.45) is 0 Å². The Bertz CT molecular complexity index is 2050. The summed E-state index contributed by atoms with van der Waals surface area (Å²) >= 11 is 3.76. The van der Waals surface area contributed by atoms with Crippen molar-refractivity contribution in [2.75, 3.05) is 9.80 Å². The number of aryl methyl sites for hydroxylation is 2. The number of halogens is 1. The number of hydrogen-bond donors (Lipinski definition) is 0. The Labute approximate surface area is 334 Å². The summed E-state index contributed by atoms with van der Waals surface area (Å²) in [6.45, 7) is 22.8. The maximum atomic E-state index is 6.46. The molecule has 0 amide bonds. The Morgan fingerprint density at radius 2 is 0.944 bits per heavy atom. The van der Waals surface area contributed by atoms with E-state index in [1.165, 1.54) is 106 Å². The van der Waals surface area contributed by atoms with Gasteiger partial charge in [0, 0.05) is 38.1 Å². The van der Waals surface area contributed by atoms with Crippen molar-refractivity contribution in [3.63, 3.8) is 0 Å². The molecule has 0 N–H and O–H groups in total. The number of para-hydroxylation sites is 2. The summed E-state index contributed by atoms with van der Waals surface area (Å²) in [6, 6.07) is 31.4. The van der Waals surface area contributed by atoms with Crippen LogP contribution in [-0.4, -0.2) is 29.4 Å². The highest BCUT2D eigenvalue weighted by atomic mass is 79.9. The van der Waals surface area contributed by atoms with E-state index >= 15 is 0 Å². The molecule has 284 valence electrons. The van der Waals surface area contributed by atoms with Gasteiger partial charge in [0.15, 0.2) is 0 Å². The third kappa shape index (κ3) is 5.43. The summed E-state index contributed by atoms with van der Waals surface area (Å²) in [5, 5.41) is 0. The minimum atomic E-state index is -0.331. The highest BCUT2D eigenvalue weighted by Gasteiger charge is 2.60. The van der Waals surface area contributed by atoms with E-state index < -0.39 is 0 Å². The van der Waals surface area contributed by atoms with Gasteiger partial charge in [0.1, 0.15) is 0 Å². The summed E-state index contributed by atoms with van der Waals surface area (Å²) in [5.41, 5.74) is 12.0. The van der Waals surface area contributed by atoms with E-state index in [9.17, 15) is 0 Å². The van der Waals surface area contributed by atoms with Gasteiger partial charge >= 0.3 is 7.12 Å². The highest BCUT2D eigenvalue weighted by Crippen LogP contribution is 2.62. The van der Waals surface area contributed by atoms with E-state index in [2.05, 4.69) is 180 Å². The Kier molecular flexibility index (Phi) is 9.11. The topological polar surface area (TPSA) is 24.9 Å². The Morgan fingerprint density at radius 1 is 0.537 bits per heavy atom. The first-order valence-electron chi connectivity index (χ1n) is 20.5. The quantitative estimate of drug-likeness (QED) is 0.193. The Hall–Kier alpha value is -3.06. The lowest BCUT2D eigenvalue weighted by Crippen LogP contribution is -2.54. The molecule has 5 aliphatic rings. The molecule has 0 aromatic heterocycles. The average Bonchev–Trinajstić information content (AvgIpc) is 3.57. The molecule has 2 saturated carbocycles. The molecule has 3 aliphatic heterocycles. The zero-order chi connectivity index (χ0) is 38.5. The van der Waals surface area contributed by atoms with Crippen LogP contribution >= 0.6 is 15.9 Å². The van der Waals surface area contributed by atoms with E-state index in [0.29, 0.717) is 0 Å². The van der Waals surface area contributed by atoms with Gasteiger partial charge in [-0.15, -0.1) is 0 Å². The molecule has 0 spiro atoms. The van der Waals surface area contributed by atoms with Gasteiger partial charge in [-0.2, -0.15) is 0 Å². The van der Waals surface area contributed by atoms with Crippen LogP contribution in [0.5, 0.6) is 0 Å². The predicted octanol–water partition coefficient (Wildman–Crippen LogP) is 12.5. The Balaban J connectivity index is 0.000000160. The van der Waals surface area contributed by atoms with Crippen LogP contribution < -0.4 is 15.3 Å². The van der Waals surface area contributed by atoms with Crippen LogP contribution in [0.25, 0.3) is 0 Å². The third-order valence-electron chi connectivity index (χ3n) is 15.4. The van der Waals surface area contributed by atoms with Crippen molar-refractivity contribution in [3.8, 4) is 0 Å². The summed E-state index contributed by atoms with van der Waals surface area (Å²) in [6.07, 6.45) is 10.2. The largest absolute Gasteiger partial charge is 0.495 e. The van der Waals surface area contributed by atoms with Gasteiger partial charge in [0.2, 0.25) is 0 Å². The first-order valence-corrected chi connectivity index (χ1v) is 21.3. The zero-order valence-corrected chi connectivity index (χ0v) is 36.0. The normalized spacial score (nSPS) is 30.2. The fourth-order valence-corrected chi connectivity index (χ4v) is 11.3. The maximum Gasteiger partial charge on any atom is 0.495 e. The fourth-order valence-electron chi connectivity index (χ4n) is 10.9. The van der Waals surface area contributed by atoms with Crippen molar-refractivity contribution in [1.29, 1.82) is 0 Å². The molecule has 4 aromatic rings. The fraction of sp³-hybridized carbons (Fsp3) is 0.500. The lowest BCUT2D eigenvalue weighted by atomic mass is 9.60. The molecular weight excluding hydrogens is 727 g/mol. The van der Waals surface area contributed by atoms with Gasteiger partial charge in [0.05, 0.1) is 22.3 Å². The number of rotatable bonds is 3. The standard InChI is InChI=1S/C27H36BNO2.C21H24BrN/c1-19-17-23-21(18-22(19)28-30-24(2,3)25(4,5)31-28)26(6)15-11-12-16-27(26,7)29(23)20-13-9-8-10-14-20;1-15-13-19-17(14-18(15)22)20(2)11-7-8-12-21(20,3)23(19)16-9-5-4-6-10-16/h8-10,13-14,17-18H,11-12,15-16H2,1-7H3;4-6,9-10,13-14H,7-8,11-12H2,1-3H3. The van der Waals surface area contributed by atoms with Gasteiger partial charge in [-0.3, -0.25) is 0 Å². The molecule has 2 aliphatic carbocycles. The van der Waals surface area contributed by atoms with Gasteiger partial charge in [-0.05, 0) is 151 Å². The minimum Gasteiger partial charge on any atom is -0.399 e. The number of benzene rings is 4. The molecule has 0 radical (unpaired) electrons. The molecule has 4 atom stereocenters. The number of anilines is 4. The van der Waals surface area contributed by atoms with Crippen LogP contribution in [0.4, 0.5) is 22.7 Å². The van der Waals surface area contributed by atoms with E-state index in [4.69, 9.17) is 9.31 Å². The first-order chi connectivity index (χ1) is 25.5. The summed E-state index contributed by atoms with van der Waals surface area (Å²) in [4.78, 5) is 5.25. The van der Waals surface area contributed by atoms with Crippen LogP contribution in [0.1, 0.15) is 129 Å². The molecule has 9 rings (SSSR count). The first kappa shape index (κ1) is 37.8. The SMILES string of the molecule is Cc1cc2c(cc1B1OC(C)(C)C(C)(C)O1)C1(C)CCCCC1(C)N2c1ccccc1.Cc1cc2c(cc1Br)C1(C)CCCCC1(C)N2c1ccccc1. The monoisotopic (exact) mass is 786 g/mol. The van der Waals surface area contributed by atoms with Gasteiger partial charge < -0.3 is 19.1 Å². The molecule has 4 nitrogen and oxygen atoms in total. The molecule has 0 bridgehead atoms. The highest BCUT2D eigenvalue weighted by molar-refractivity contribution is 9.10. The van der Waals surface area contributed by atoms with Crippen molar-refractivity contribution < 1.29 is 9.31 Å². The number of fused-ring (bicyclic) bond motifs is 6. The zero-order valence-electron chi connectivity index (χ0n) is 34.4. The van der Waals surface area contributed by atoms with Gasteiger partial charge in [0.25, 0.3) is 0 Å². The summed E-state index contributed by atoms with van der Waals surface area (Å²) in [5.74, 6) is 0. The summed E-state index contributed by atoms with van der Waals surface area (Å²) in [7, 11) is -0.320. The second-order valence-corrected chi connectivity index (χ2v) is 19.8. The molecule has 4 unspecified atom stereocenters. The number of nitrogens with zero attached hydrogens (tertiary/aromatic N) is 2. The van der Waals surface area contributed by atoms with E-state index in [1.807, 2.05) is 0 Å². The van der Waals surface area contributed by atoms with Crippen molar-refractivity contribution in [1.82, 2.24) is 0 Å². The van der Waals surface area contributed by atoms with Crippen LogP contribution in [0.2, 0.25) is 0 Å². The minimum absolute atomic E-state index is 0.0654. The van der Waals surface area contributed by atoms with E-state index in [0.717, 1.165) is 0 Å². The lowest BCUT2D eigenvalue weighted by molar-refractivity contribution is 0.00578. The number of hydrogen-bond acceptors (Lipinski definition) is 4. The molecule has 6 heteroatoms. The molecular formula is C48H60BBrN2O2. The lowest BCUT2D eigenvalue weighted by Gasteiger charge is -2.50. The summed E-state index contributed by atoms with van der Waals surface area (Å²) < 4.78 is 14.2. The van der Waals surface area contributed by atoms with Crippen molar-refractivity contribution in [2.45, 2.75) is 154 Å². The van der Waals surface area contributed by atoms with Crippen LogP contribution in [-0.2, 0) is 20.1 Å². The maximum absolute atomic E-state index is 6.46. The predicted molar refractivity (Wildman–Crippen MR) is 231 cm³/mol. The third-order valence-corrected chi connectivity index (χ3v) is 16.3. The molecule has 1 saturated heterocycles. The van der Waals surface area contributed by atoms with E-state index in [-0.39, 0.29) is 40.2 Å². The molecule has 4 aromatic carbocycles. The second-order valence-electron chi connectivity index (χ2n) is 18.9. The molecule has 3 heterocycles. The smallest absolute Gasteiger partial charge is 0.399 e. The Morgan fingerprint density at radius 3 is 1.41 bits per heavy atom. The van der Waals surface area contributed by atoms with Crippen molar-refractivity contribution in [3.05, 3.63) is 112 Å². The molecule has 54 heavy (non-hydrogen) atoms. The molecule has 3 fully saturated rings. The van der Waals surface area contributed by atoms with Crippen LogP contribution in [0, 0.1) is 13.8 Å². The van der Waals surface area contributed by atoms with Crippen LogP contribution in [0.3, 0.4) is 0 Å². The average molecular weight is 788 g/mol. The van der Waals surface area contributed by atoms with Gasteiger partial charge in [-0.1, -0.05) is 97.9 Å². The van der Waals surface area contributed by atoms with Crippen molar-refractivity contribution >= 4 is 51.3 Å². The van der Waals surface area contributed by atoms with Gasteiger partial charge in [-0.25, -0.2) is 0 Å². The second kappa shape index (κ2) is 13.0.